The molecule has 0 aliphatic heterocycles. The van der Waals surface area contributed by atoms with Crippen molar-refractivity contribution in [2.45, 2.75) is 46.2 Å². The van der Waals surface area contributed by atoms with Gasteiger partial charge in [0.15, 0.2) is 0 Å². The second kappa shape index (κ2) is 15.1. The van der Waals surface area contributed by atoms with E-state index in [1.54, 1.807) is 14.2 Å². The van der Waals surface area contributed by atoms with Gasteiger partial charge in [-0.15, -0.1) is 0 Å². The maximum Gasteiger partial charge on any atom is 0.255 e. The van der Waals surface area contributed by atoms with Crippen LogP contribution in [0.4, 0.5) is 0 Å². The van der Waals surface area contributed by atoms with E-state index in [1.165, 1.54) is 0 Å². The molecule has 0 heterocycles. The summed E-state index contributed by atoms with van der Waals surface area (Å²) in [4.78, 5) is 32.0. The summed E-state index contributed by atoms with van der Waals surface area (Å²) in [6.45, 7) is 7.76. The molecule has 0 aliphatic carbocycles. The van der Waals surface area contributed by atoms with Gasteiger partial charge in [-0.25, -0.2) is 0 Å². The van der Waals surface area contributed by atoms with Gasteiger partial charge in [0.05, 0.1) is 14.2 Å². The fourth-order valence-electron chi connectivity index (χ4n) is 5.32. The molecule has 0 N–H and O–H groups in total. The summed E-state index contributed by atoms with van der Waals surface area (Å²) in [5.41, 5.74) is 4.71. The van der Waals surface area contributed by atoms with Crippen LogP contribution in [0.5, 0.6) is 11.5 Å². The Morgan fingerprint density at radius 3 is 1.91 bits per heavy atom. The Morgan fingerprint density at radius 2 is 1.33 bits per heavy atom. The topological polar surface area (TPSA) is 59.1 Å². The number of amides is 2. The van der Waals surface area contributed by atoms with Gasteiger partial charge in [0.25, 0.3) is 11.8 Å². The maximum absolute atomic E-state index is 14.2. The monoisotopic (exact) mass is 578 g/mol. The quantitative estimate of drug-likeness (QED) is 0.165. The highest BCUT2D eigenvalue weighted by atomic mass is 16.5. The lowest BCUT2D eigenvalue weighted by molar-refractivity contribution is 0.0689. The van der Waals surface area contributed by atoms with E-state index in [9.17, 15) is 9.59 Å². The largest absolute Gasteiger partial charge is 0.497 e. The summed E-state index contributed by atoms with van der Waals surface area (Å²) in [6.07, 6.45) is 1.44. The first-order valence-corrected chi connectivity index (χ1v) is 14.9. The number of nitrogens with zero attached hydrogens (tertiary/aromatic N) is 2. The van der Waals surface area contributed by atoms with E-state index in [4.69, 9.17) is 9.47 Å². The number of ether oxygens (including phenoxy) is 2. The summed E-state index contributed by atoms with van der Waals surface area (Å²) in [5, 5.41) is 0. The van der Waals surface area contributed by atoms with Gasteiger partial charge < -0.3 is 19.3 Å². The van der Waals surface area contributed by atoms with Crippen molar-refractivity contribution in [3.63, 3.8) is 0 Å². The summed E-state index contributed by atoms with van der Waals surface area (Å²) in [7, 11) is 3.29. The van der Waals surface area contributed by atoms with Gasteiger partial charge in [0.2, 0.25) is 0 Å². The van der Waals surface area contributed by atoms with Crippen LogP contribution in [0.25, 0.3) is 11.1 Å². The van der Waals surface area contributed by atoms with E-state index >= 15 is 0 Å². The van der Waals surface area contributed by atoms with E-state index < -0.39 is 0 Å². The number of rotatable bonds is 13. The van der Waals surface area contributed by atoms with Gasteiger partial charge in [0, 0.05) is 36.8 Å². The Balaban J connectivity index is 1.66. The van der Waals surface area contributed by atoms with Crippen LogP contribution in [0.1, 0.15) is 59.0 Å². The molecular weight excluding hydrogens is 536 g/mol. The SMILES string of the molecule is CCCN(CCc1cc(OC)ccc1OC)C(=O)c1ccccc1-c1ccccc1C(=O)N(Cc1ccccc1)C(C)C. The van der Waals surface area contributed by atoms with Gasteiger partial charge >= 0.3 is 0 Å². The smallest absolute Gasteiger partial charge is 0.255 e. The normalized spacial score (nSPS) is 10.8. The van der Waals surface area contributed by atoms with Crippen LogP contribution in [-0.2, 0) is 13.0 Å². The second-order valence-corrected chi connectivity index (χ2v) is 10.8. The summed E-state index contributed by atoms with van der Waals surface area (Å²) in [5.74, 6) is 1.39. The second-order valence-electron chi connectivity index (χ2n) is 10.8. The molecule has 2 amide bonds. The zero-order chi connectivity index (χ0) is 30.8. The van der Waals surface area contributed by atoms with Crippen LogP contribution in [0, 0.1) is 0 Å². The number of benzene rings is 4. The molecular formula is C37H42N2O4. The Hall–Kier alpha value is -4.58. The van der Waals surface area contributed by atoms with Crippen molar-refractivity contribution in [2.75, 3.05) is 27.3 Å². The Labute approximate surface area is 255 Å². The molecule has 4 aromatic rings. The maximum atomic E-state index is 14.2. The van der Waals surface area contributed by atoms with Gasteiger partial charge in [-0.05, 0) is 79.3 Å². The van der Waals surface area contributed by atoms with Crippen molar-refractivity contribution < 1.29 is 19.1 Å². The van der Waals surface area contributed by atoms with E-state index in [-0.39, 0.29) is 17.9 Å². The van der Waals surface area contributed by atoms with Gasteiger partial charge in [-0.2, -0.15) is 0 Å². The third kappa shape index (κ3) is 7.63. The molecule has 4 aromatic carbocycles. The molecule has 0 saturated carbocycles. The molecule has 0 bridgehead atoms. The van der Waals surface area contributed by atoms with Crippen molar-refractivity contribution >= 4 is 11.8 Å². The van der Waals surface area contributed by atoms with Crippen molar-refractivity contribution in [1.82, 2.24) is 9.80 Å². The number of hydrogen-bond acceptors (Lipinski definition) is 4. The van der Waals surface area contributed by atoms with Crippen LogP contribution in [-0.4, -0.2) is 55.0 Å². The number of hydrogen-bond donors (Lipinski definition) is 0. The lowest BCUT2D eigenvalue weighted by atomic mass is 9.93. The van der Waals surface area contributed by atoms with Crippen molar-refractivity contribution in [2.24, 2.45) is 0 Å². The molecule has 0 unspecified atom stereocenters. The third-order valence-electron chi connectivity index (χ3n) is 7.60. The van der Waals surface area contributed by atoms with E-state index in [1.807, 2.05) is 121 Å². The van der Waals surface area contributed by atoms with E-state index in [2.05, 4.69) is 6.92 Å². The summed E-state index contributed by atoms with van der Waals surface area (Å²) in [6, 6.07) is 30.9. The van der Waals surface area contributed by atoms with Crippen LogP contribution in [0.15, 0.2) is 97.1 Å². The van der Waals surface area contributed by atoms with Gasteiger partial charge in [-0.3, -0.25) is 9.59 Å². The van der Waals surface area contributed by atoms with Gasteiger partial charge in [0.1, 0.15) is 11.5 Å². The summed E-state index contributed by atoms with van der Waals surface area (Å²) < 4.78 is 11.0. The first-order valence-electron chi connectivity index (χ1n) is 14.9. The first-order chi connectivity index (χ1) is 20.9. The highest BCUT2D eigenvalue weighted by Gasteiger charge is 2.25. The molecule has 43 heavy (non-hydrogen) atoms. The van der Waals surface area contributed by atoms with Crippen molar-refractivity contribution in [3.8, 4) is 22.6 Å². The predicted octanol–water partition coefficient (Wildman–Crippen LogP) is 7.52. The summed E-state index contributed by atoms with van der Waals surface area (Å²) >= 11 is 0. The highest BCUT2D eigenvalue weighted by molar-refractivity contribution is 6.06. The molecule has 224 valence electrons. The number of carbonyl (C=O) groups is 2. The van der Waals surface area contributed by atoms with E-state index in [0.29, 0.717) is 37.2 Å². The Kier molecular flexibility index (Phi) is 11.0. The predicted molar refractivity (Wildman–Crippen MR) is 173 cm³/mol. The molecule has 0 atom stereocenters. The minimum Gasteiger partial charge on any atom is -0.497 e. The minimum absolute atomic E-state index is 0.00807. The van der Waals surface area contributed by atoms with Crippen molar-refractivity contribution in [1.29, 1.82) is 0 Å². The number of methoxy groups -OCH3 is 2. The van der Waals surface area contributed by atoms with Crippen LogP contribution >= 0.6 is 0 Å². The van der Waals surface area contributed by atoms with Crippen LogP contribution < -0.4 is 9.47 Å². The van der Waals surface area contributed by atoms with Crippen LogP contribution in [0.2, 0.25) is 0 Å². The zero-order valence-electron chi connectivity index (χ0n) is 25.9. The lowest BCUT2D eigenvalue weighted by Crippen LogP contribution is -2.37. The molecule has 4 rings (SSSR count). The Bertz CT molecular complexity index is 1520. The minimum atomic E-state index is -0.0634. The van der Waals surface area contributed by atoms with Crippen LogP contribution in [0.3, 0.4) is 0 Å². The first kappa shape index (κ1) is 31.4. The van der Waals surface area contributed by atoms with E-state index in [0.717, 1.165) is 40.2 Å². The molecule has 6 heteroatoms. The molecule has 0 radical (unpaired) electrons. The Morgan fingerprint density at radius 1 is 0.721 bits per heavy atom. The fourth-order valence-corrected chi connectivity index (χ4v) is 5.32. The molecule has 0 saturated heterocycles. The highest BCUT2D eigenvalue weighted by Crippen LogP contribution is 2.31. The number of carbonyl (C=O) groups excluding carboxylic acids is 2. The van der Waals surface area contributed by atoms with Crippen molar-refractivity contribution in [3.05, 3.63) is 119 Å². The molecule has 0 aliphatic rings. The molecule has 6 nitrogen and oxygen atoms in total. The fraction of sp³-hybridized carbons (Fsp3) is 0.297. The lowest BCUT2D eigenvalue weighted by Gasteiger charge is -2.28. The molecule has 0 spiro atoms. The molecule has 0 fully saturated rings. The average molecular weight is 579 g/mol. The average Bonchev–Trinajstić information content (AvgIpc) is 3.05. The standard InChI is InChI=1S/C37H42N2O4/c1-6-23-38(24-22-29-25-30(42-4)20-21-35(29)43-5)36(40)33-18-12-10-16-31(33)32-17-11-13-19-34(32)37(41)39(27(2)3)26-28-14-8-7-9-15-28/h7-21,25,27H,6,22-24,26H2,1-5H3. The third-order valence-corrected chi connectivity index (χ3v) is 7.60. The molecule has 0 aromatic heterocycles. The van der Waals surface area contributed by atoms with Gasteiger partial charge in [-0.1, -0.05) is 73.7 Å². The zero-order valence-corrected chi connectivity index (χ0v) is 25.9.